The zero-order valence-electron chi connectivity index (χ0n) is 9.77. The van der Waals surface area contributed by atoms with E-state index in [1.807, 2.05) is 22.7 Å². The second kappa shape index (κ2) is 4.39. The maximum Gasteiger partial charge on any atom is 0.356 e. The largest absolute Gasteiger partial charge is 0.476 e. The Kier molecular flexibility index (Phi) is 2.86. The maximum atomic E-state index is 11.3. The predicted molar refractivity (Wildman–Crippen MR) is 71.1 cm³/mol. The Morgan fingerprint density at radius 1 is 1.44 bits per heavy atom. The summed E-state index contributed by atoms with van der Waals surface area (Å²) in [5.74, 6) is 0.328. The van der Waals surface area contributed by atoms with Gasteiger partial charge >= 0.3 is 5.97 Å². The number of carboxylic acids is 1. The molecule has 0 amide bonds. The molecule has 0 unspecified atom stereocenters. The lowest BCUT2D eigenvalue weighted by atomic mass is 10.1. The summed E-state index contributed by atoms with van der Waals surface area (Å²) in [7, 11) is 0. The fraction of sp³-hybridized carbons (Fsp3) is 0.385. The first-order valence-electron chi connectivity index (χ1n) is 6.07. The van der Waals surface area contributed by atoms with Crippen molar-refractivity contribution in [2.45, 2.75) is 31.6 Å². The van der Waals surface area contributed by atoms with Crippen LogP contribution in [0.5, 0.6) is 0 Å². The average Bonchev–Trinajstić information content (AvgIpc) is 2.93. The van der Waals surface area contributed by atoms with E-state index in [0.717, 1.165) is 23.1 Å². The second-order valence-corrected chi connectivity index (χ2v) is 5.62. The molecule has 2 heterocycles. The van der Waals surface area contributed by atoms with Crippen molar-refractivity contribution in [3.63, 3.8) is 0 Å². The highest BCUT2D eigenvalue weighted by Gasteiger charge is 2.25. The van der Waals surface area contributed by atoms with Gasteiger partial charge in [0.15, 0.2) is 5.69 Å². The standard InChI is InChI=1S/C13H13BrN2O2/c14-9-5-6-16-10(7-9)11(13(17)18)15-12(16)8-3-1-2-4-8/h5-8H,1-4H2,(H,17,18). The predicted octanol–water partition coefficient (Wildman–Crippen LogP) is 3.45. The number of aromatic carboxylic acids is 1. The van der Waals surface area contributed by atoms with Crippen molar-refractivity contribution in [1.82, 2.24) is 9.38 Å². The molecule has 1 saturated carbocycles. The zero-order chi connectivity index (χ0) is 12.7. The number of hydrogen-bond donors (Lipinski definition) is 1. The molecule has 3 rings (SSSR count). The summed E-state index contributed by atoms with van der Waals surface area (Å²) in [6.07, 6.45) is 6.52. The van der Waals surface area contributed by atoms with Crippen molar-refractivity contribution in [1.29, 1.82) is 0 Å². The van der Waals surface area contributed by atoms with Crippen LogP contribution in [0.4, 0.5) is 0 Å². The van der Waals surface area contributed by atoms with Gasteiger partial charge in [-0.3, -0.25) is 0 Å². The number of carboxylic acid groups (broad SMARTS) is 1. The summed E-state index contributed by atoms with van der Waals surface area (Å²) in [6.45, 7) is 0. The van der Waals surface area contributed by atoms with Crippen LogP contribution in [0.3, 0.4) is 0 Å². The highest BCUT2D eigenvalue weighted by molar-refractivity contribution is 9.10. The van der Waals surface area contributed by atoms with Gasteiger partial charge < -0.3 is 9.51 Å². The molecule has 0 bridgehead atoms. The molecule has 0 aliphatic heterocycles. The normalized spacial score (nSPS) is 16.5. The van der Waals surface area contributed by atoms with Gasteiger partial charge in [0, 0.05) is 16.6 Å². The van der Waals surface area contributed by atoms with Gasteiger partial charge in [0.2, 0.25) is 0 Å². The number of imidazole rings is 1. The SMILES string of the molecule is O=C(O)c1nc(C2CCCC2)n2ccc(Br)cc12. The first-order valence-corrected chi connectivity index (χ1v) is 6.87. The van der Waals surface area contributed by atoms with Gasteiger partial charge in [0.05, 0.1) is 5.52 Å². The fourth-order valence-corrected chi connectivity index (χ4v) is 3.05. The van der Waals surface area contributed by atoms with Crippen LogP contribution in [0.2, 0.25) is 0 Å². The van der Waals surface area contributed by atoms with E-state index in [1.165, 1.54) is 12.8 Å². The third kappa shape index (κ3) is 1.82. The van der Waals surface area contributed by atoms with E-state index in [1.54, 1.807) is 0 Å². The van der Waals surface area contributed by atoms with Crippen LogP contribution in [0.15, 0.2) is 22.8 Å². The van der Waals surface area contributed by atoms with Crippen molar-refractivity contribution in [2.75, 3.05) is 0 Å². The number of halogens is 1. The lowest BCUT2D eigenvalue weighted by Gasteiger charge is -2.07. The molecule has 0 atom stereocenters. The molecule has 2 aromatic heterocycles. The summed E-state index contributed by atoms with van der Waals surface area (Å²) in [5, 5.41) is 9.24. The van der Waals surface area contributed by atoms with Gasteiger partial charge in [-0.25, -0.2) is 9.78 Å². The Morgan fingerprint density at radius 2 is 2.17 bits per heavy atom. The molecule has 5 heteroatoms. The van der Waals surface area contributed by atoms with Crippen molar-refractivity contribution in [3.8, 4) is 0 Å². The highest BCUT2D eigenvalue weighted by atomic mass is 79.9. The van der Waals surface area contributed by atoms with Gasteiger partial charge in [-0.15, -0.1) is 0 Å². The number of hydrogen-bond acceptors (Lipinski definition) is 2. The van der Waals surface area contributed by atoms with Crippen molar-refractivity contribution >= 4 is 27.4 Å². The Bertz CT molecular complexity index is 615. The van der Waals surface area contributed by atoms with E-state index >= 15 is 0 Å². The maximum absolute atomic E-state index is 11.3. The van der Waals surface area contributed by atoms with Crippen LogP contribution in [0, 0.1) is 0 Å². The van der Waals surface area contributed by atoms with Crippen LogP contribution < -0.4 is 0 Å². The minimum absolute atomic E-state index is 0.151. The molecule has 1 aliphatic carbocycles. The smallest absolute Gasteiger partial charge is 0.356 e. The number of nitrogens with zero attached hydrogens (tertiary/aromatic N) is 2. The van der Waals surface area contributed by atoms with E-state index in [9.17, 15) is 9.90 Å². The molecule has 2 aromatic rings. The van der Waals surface area contributed by atoms with Crippen molar-refractivity contribution in [2.24, 2.45) is 0 Å². The molecule has 94 valence electrons. The first-order chi connectivity index (χ1) is 8.66. The molecular formula is C13H13BrN2O2. The molecule has 4 nitrogen and oxygen atoms in total. The van der Waals surface area contributed by atoms with Crippen LogP contribution in [0.25, 0.3) is 5.52 Å². The second-order valence-electron chi connectivity index (χ2n) is 4.71. The number of rotatable bonds is 2. The lowest BCUT2D eigenvalue weighted by Crippen LogP contribution is -2.00. The number of carbonyl (C=O) groups is 1. The van der Waals surface area contributed by atoms with E-state index in [-0.39, 0.29) is 5.69 Å². The van der Waals surface area contributed by atoms with Gasteiger partial charge in [0.1, 0.15) is 5.82 Å². The van der Waals surface area contributed by atoms with Crippen LogP contribution in [-0.2, 0) is 0 Å². The summed E-state index contributed by atoms with van der Waals surface area (Å²) in [4.78, 5) is 15.6. The summed E-state index contributed by atoms with van der Waals surface area (Å²) >= 11 is 3.37. The third-order valence-corrected chi connectivity index (χ3v) is 4.05. The Morgan fingerprint density at radius 3 is 2.83 bits per heavy atom. The third-order valence-electron chi connectivity index (χ3n) is 3.56. The molecule has 0 saturated heterocycles. The Balaban J connectivity index is 2.22. The molecule has 0 spiro atoms. The molecule has 1 fully saturated rings. The van der Waals surface area contributed by atoms with E-state index in [2.05, 4.69) is 20.9 Å². The molecule has 0 radical (unpaired) electrons. The van der Waals surface area contributed by atoms with Crippen LogP contribution in [-0.4, -0.2) is 20.5 Å². The van der Waals surface area contributed by atoms with Gasteiger partial charge in [-0.1, -0.05) is 28.8 Å². The summed E-state index contributed by atoms with van der Waals surface area (Å²) < 4.78 is 2.79. The first kappa shape index (κ1) is 11.7. The average molecular weight is 309 g/mol. The van der Waals surface area contributed by atoms with E-state index in [0.29, 0.717) is 11.4 Å². The molecule has 1 N–H and O–H groups in total. The molecule has 1 aliphatic rings. The Labute approximate surface area is 113 Å². The molecule has 0 aromatic carbocycles. The molecule has 18 heavy (non-hydrogen) atoms. The highest BCUT2D eigenvalue weighted by Crippen LogP contribution is 2.34. The van der Waals surface area contributed by atoms with E-state index in [4.69, 9.17) is 0 Å². The van der Waals surface area contributed by atoms with E-state index < -0.39 is 5.97 Å². The lowest BCUT2D eigenvalue weighted by molar-refractivity contribution is 0.0693. The topological polar surface area (TPSA) is 54.6 Å². The van der Waals surface area contributed by atoms with Crippen molar-refractivity contribution in [3.05, 3.63) is 34.3 Å². The fourth-order valence-electron chi connectivity index (χ4n) is 2.71. The Hall–Kier alpha value is -1.36. The zero-order valence-corrected chi connectivity index (χ0v) is 11.4. The monoisotopic (exact) mass is 308 g/mol. The number of fused-ring (bicyclic) bond motifs is 1. The van der Waals surface area contributed by atoms with Gasteiger partial charge in [-0.2, -0.15) is 0 Å². The minimum Gasteiger partial charge on any atom is -0.476 e. The van der Waals surface area contributed by atoms with Crippen LogP contribution in [0.1, 0.15) is 47.9 Å². The minimum atomic E-state index is -0.963. The summed E-state index contributed by atoms with van der Waals surface area (Å²) in [5.41, 5.74) is 0.817. The quantitative estimate of drug-likeness (QED) is 0.924. The summed E-state index contributed by atoms with van der Waals surface area (Å²) in [6, 6.07) is 3.73. The van der Waals surface area contributed by atoms with Crippen molar-refractivity contribution < 1.29 is 9.90 Å². The number of aromatic nitrogens is 2. The molecular weight excluding hydrogens is 296 g/mol. The van der Waals surface area contributed by atoms with Gasteiger partial charge in [0.25, 0.3) is 0 Å². The van der Waals surface area contributed by atoms with Crippen LogP contribution >= 0.6 is 15.9 Å². The number of pyridine rings is 1. The van der Waals surface area contributed by atoms with Gasteiger partial charge in [-0.05, 0) is 25.0 Å².